The molecule has 1 unspecified atom stereocenters. The Hall–Kier alpha value is -7.84. The fraction of sp³-hybridized carbons (Fsp3) is 0.255. The fourth-order valence-corrected chi connectivity index (χ4v) is 6.42. The molecule has 0 aliphatic carbocycles. The molecule has 0 saturated heterocycles. The Morgan fingerprint density at radius 1 is 0.563 bits per heavy atom. The minimum atomic E-state index is -4.55. The molecule has 14 nitrogen and oxygen atoms in total. The number of nitrogens with two attached hydrogens (primary N) is 2. The maximum Gasteiger partial charge on any atom is 0.422 e. The molecule has 6 N–H and O–H groups in total. The molecule has 0 bridgehead atoms. The number of allylic oxidation sites excluding steroid dienone is 1. The van der Waals surface area contributed by atoms with Gasteiger partial charge in [0.2, 0.25) is 11.6 Å². The number of anilines is 2. The van der Waals surface area contributed by atoms with Crippen LogP contribution in [0.2, 0.25) is 0 Å². The molecule has 1 atom stereocenters. The van der Waals surface area contributed by atoms with Crippen LogP contribution in [-0.4, -0.2) is 78.3 Å². The predicted octanol–water partition coefficient (Wildman–Crippen LogP) is 9.47. The molecule has 0 saturated carbocycles. The molecule has 0 radical (unpaired) electrons. The largest absolute Gasteiger partial charge is 0.490 e. The summed E-state index contributed by atoms with van der Waals surface area (Å²) in [7, 11) is 0. The second-order valence-electron chi connectivity index (χ2n) is 15.7. The molecule has 0 amide bonds. The molecule has 0 heterocycles. The summed E-state index contributed by atoms with van der Waals surface area (Å²) in [6.45, 7) is 1.01. The number of carbonyl (C=O) groups excluding carboxylic acids is 4. The van der Waals surface area contributed by atoms with Gasteiger partial charge in [-0.3, -0.25) is 9.59 Å². The SMILES string of the molecule is CCCOc1cc(/C=C/C(=O)CC(c2cc(N)cc(N)c2)C(O)(O)C(=O)/C=C/c2ccc(OC(=O)c3ccc(OCC(F)(F)F)cc3)c(OCCC)c2)ccc1OC(=O)c1ccc(OCC(F)(F)F)cc1. The monoisotopic (exact) mass is 994 g/mol. The van der Waals surface area contributed by atoms with Gasteiger partial charge in [0.05, 0.1) is 30.3 Å². The smallest absolute Gasteiger partial charge is 0.422 e. The maximum atomic E-state index is 13.7. The van der Waals surface area contributed by atoms with Crippen LogP contribution >= 0.6 is 0 Å². The van der Waals surface area contributed by atoms with E-state index in [1.54, 1.807) is 0 Å². The number of alkyl halides is 6. The van der Waals surface area contributed by atoms with E-state index in [9.17, 15) is 55.7 Å². The van der Waals surface area contributed by atoms with Crippen LogP contribution in [0.4, 0.5) is 37.7 Å². The number of ketones is 2. The summed E-state index contributed by atoms with van der Waals surface area (Å²) < 4.78 is 107. The highest BCUT2D eigenvalue weighted by Gasteiger charge is 2.43. The topological polar surface area (TPSA) is 216 Å². The number of halogens is 6. The molecule has 0 spiro atoms. The summed E-state index contributed by atoms with van der Waals surface area (Å²) in [6.07, 6.45) is -4.05. The highest BCUT2D eigenvalue weighted by molar-refractivity contribution is 6.01. The van der Waals surface area contributed by atoms with Crippen LogP contribution in [0, 0.1) is 0 Å². The van der Waals surface area contributed by atoms with Crippen molar-refractivity contribution >= 4 is 47.0 Å². The second-order valence-corrected chi connectivity index (χ2v) is 15.7. The van der Waals surface area contributed by atoms with Crippen molar-refractivity contribution in [3.63, 3.8) is 0 Å². The number of esters is 2. The Labute approximate surface area is 403 Å². The van der Waals surface area contributed by atoms with E-state index >= 15 is 0 Å². The van der Waals surface area contributed by atoms with Crippen LogP contribution in [0.3, 0.4) is 0 Å². The predicted molar refractivity (Wildman–Crippen MR) is 248 cm³/mol. The number of benzene rings is 5. The first-order valence-electron chi connectivity index (χ1n) is 21.6. The van der Waals surface area contributed by atoms with Gasteiger partial charge in [-0.05, 0) is 133 Å². The highest BCUT2D eigenvalue weighted by Crippen LogP contribution is 2.36. The highest BCUT2D eigenvalue weighted by atomic mass is 19.4. The molecule has 5 aromatic rings. The van der Waals surface area contributed by atoms with Gasteiger partial charge in [-0.1, -0.05) is 38.1 Å². The van der Waals surface area contributed by atoms with E-state index in [0.29, 0.717) is 18.4 Å². The summed E-state index contributed by atoms with van der Waals surface area (Å²) >= 11 is 0. The van der Waals surface area contributed by atoms with Gasteiger partial charge in [-0.2, -0.15) is 26.3 Å². The first kappa shape index (κ1) is 54.1. The van der Waals surface area contributed by atoms with Crippen molar-refractivity contribution in [2.45, 2.75) is 57.2 Å². The normalized spacial score (nSPS) is 12.4. The number of ether oxygens (including phenoxy) is 6. The summed E-state index contributed by atoms with van der Waals surface area (Å²) in [4.78, 5) is 53.2. The third-order valence-electron chi connectivity index (χ3n) is 9.79. The van der Waals surface area contributed by atoms with Crippen molar-refractivity contribution in [2.24, 2.45) is 0 Å². The summed E-state index contributed by atoms with van der Waals surface area (Å²) in [5.41, 5.74) is 13.0. The Bertz CT molecular complexity index is 2700. The van der Waals surface area contributed by atoms with Crippen molar-refractivity contribution in [1.29, 1.82) is 0 Å². The zero-order chi connectivity index (χ0) is 51.9. The Balaban J connectivity index is 1.32. The van der Waals surface area contributed by atoms with Gasteiger partial charge in [0.25, 0.3) is 0 Å². The molecule has 20 heteroatoms. The zero-order valence-corrected chi connectivity index (χ0v) is 38.1. The van der Waals surface area contributed by atoms with Crippen LogP contribution in [-0.2, 0) is 9.59 Å². The molecule has 376 valence electrons. The number of aliphatic hydroxyl groups is 2. The summed E-state index contributed by atoms with van der Waals surface area (Å²) in [5, 5.41) is 23.0. The average molecular weight is 995 g/mol. The molecule has 5 rings (SSSR count). The van der Waals surface area contributed by atoms with E-state index in [2.05, 4.69) is 9.47 Å². The van der Waals surface area contributed by atoms with Gasteiger partial charge in [0.15, 0.2) is 42.0 Å². The number of carbonyl (C=O) groups is 4. The lowest BCUT2D eigenvalue weighted by Crippen LogP contribution is -2.44. The lowest BCUT2D eigenvalue weighted by atomic mass is 9.83. The van der Waals surface area contributed by atoms with E-state index in [1.165, 1.54) is 115 Å². The first-order valence-corrected chi connectivity index (χ1v) is 21.6. The van der Waals surface area contributed by atoms with Crippen molar-refractivity contribution in [3.8, 4) is 34.5 Å². The second kappa shape index (κ2) is 24.1. The maximum absolute atomic E-state index is 13.7. The molecular weight excluding hydrogens is 947 g/mol. The molecular formula is C51H48F6N2O12. The van der Waals surface area contributed by atoms with Crippen LogP contribution in [0.15, 0.2) is 115 Å². The average Bonchev–Trinajstić information content (AvgIpc) is 3.32. The van der Waals surface area contributed by atoms with Crippen LogP contribution in [0.1, 0.15) is 76.4 Å². The van der Waals surface area contributed by atoms with Crippen molar-refractivity contribution in [2.75, 3.05) is 37.9 Å². The molecule has 0 aliphatic rings. The Morgan fingerprint density at radius 2 is 0.986 bits per heavy atom. The van der Waals surface area contributed by atoms with Gasteiger partial charge in [-0.25, -0.2) is 9.59 Å². The molecule has 5 aromatic carbocycles. The number of hydrogen-bond acceptors (Lipinski definition) is 14. The lowest BCUT2D eigenvalue weighted by molar-refractivity contribution is -0.187. The number of hydrogen-bond donors (Lipinski definition) is 4. The number of nitrogen functional groups attached to an aromatic ring is 2. The van der Waals surface area contributed by atoms with Gasteiger partial charge < -0.3 is 50.1 Å². The van der Waals surface area contributed by atoms with Gasteiger partial charge >= 0.3 is 24.3 Å². The quantitative estimate of drug-likeness (QED) is 0.0120. The van der Waals surface area contributed by atoms with Crippen molar-refractivity contribution < 1.29 is 84.2 Å². The van der Waals surface area contributed by atoms with Gasteiger partial charge in [0.1, 0.15) is 11.5 Å². The molecule has 71 heavy (non-hydrogen) atoms. The molecule has 0 fully saturated rings. The standard InChI is InChI=1S/C51H48F6N2O12/c1-3-21-66-44-23-31(6-18-42(44)70-47(62)33-9-14-39(15-10-33)68-29-49(52,53)54)5-13-38(60)28-41(35-25-36(58)27-37(59)26-35)51(64,65)46(61)20-8-32-7-19-43(45(24-32)67-22-4-2)71-48(63)34-11-16-40(17-12-34)69-30-50(55,56)57/h5-20,23-27,41,64-65H,3-4,21-22,28-30,58-59H2,1-2H3/b13-5+,20-8+. The lowest BCUT2D eigenvalue weighted by Gasteiger charge is -2.29. The third-order valence-corrected chi connectivity index (χ3v) is 9.79. The summed E-state index contributed by atoms with van der Waals surface area (Å²) in [5.74, 6) is -8.61. The zero-order valence-electron chi connectivity index (χ0n) is 38.1. The first-order chi connectivity index (χ1) is 33.5. The third kappa shape index (κ3) is 16.7. The minimum Gasteiger partial charge on any atom is -0.490 e. The Morgan fingerprint density at radius 3 is 1.39 bits per heavy atom. The van der Waals surface area contributed by atoms with Crippen LogP contribution < -0.4 is 39.9 Å². The van der Waals surface area contributed by atoms with E-state index < -0.39 is 67.2 Å². The number of rotatable bonds is 23. The summed E-state index contributed by atoms with van der Waals surface area (Å²) in [6, 6.07) is 22.2. The van der Waals surface area contributed by atoms with E-state index in [4.69, 9.17) is 30.4 Å². The molecule has 0 aliphatic heterocycles. The van der Waals surface area contributed by atoms with Gasteiger partial charge in [-0.15, -0.1) is 0 Å². The minimum absolute atomic E-state index is 0.00393. The molecule has 0 aromatic heterocycles. The van der Waals surface area contributed by atoms with E-state index in [1.807, 2.05) is 13.8 Å². The fourth-order valence-electron chi connectivity index (χ4n) is 6.42. The van der Waals surface area contributed by atoms with E-state index in [-0.39, 0.29) is 81.3 Å². The van der Waals surface area contributed by atoms with Crippen LogP contribution in [0.5, 0.6) is 34.5 Å². The van der Waals surface area contributed by atoms with Crippen molar-refractivity contribution in [3.05, 3.63) is 143 Å². The van der Waals surface area contributed by atoms with Gasteiger partial charge in [0, 0.05) is 17.8 Å². The van der Waals surface area contributed by atoms with E-state index in [0.717, 1.165) is 12.2 Å². The van der Waals surface area contributed by atoms with Crippen molar-refractivity contribution in [1.82, 2.24) is 0 Å². The van der Waals surface area contributed by atoms with Crippen LogP contribution in [0.25, 0.3) is 12.2 Å². The Kier molecular flexibility index (Phi) is 18.4.